The highest BCUT2D eigenvalue weighted by molar-refractivity contribution is 9.10. The average Bonchev–Trinajstić information content (AvgIpc) is 2.66. The monoisotopic (exact) mass is 494 g/mol. The third-order valence-electron chi connectivity index (χ3n) is 4.39. The quantitative estimate of drug-likeness (QED) is 0.569. The van der Waals surface area contributed by atoms with E-state index >= 15 is 0 Å². The molecule has 0 heterocycles. The molecule has 2 aromatic rings. The fourth-order valence-corrected chi connectivity index (χ4v) is 3.59. The molecule has 1 atom stereocenters. The molecular weight excluding hydrogens is 468 g/mol. The molecule has 0 unspecified atom stereocenters. The molecule has 2 rings (SSSR count). The lowest BCUT2D eigenvalue weighted by molar-refractivity contribution is -0.142. The van der Waals surface area contributed by atoms with Gasteiger partial charge in [-0.15, -0.1) is 0 Å². The van der Waals surface area contributed by atoms with Gasteiger partial charge in [-0.3, -0.25) is 9.59 Å². The largest absolute Gasteiger partial charge is 0.482 e. The Morgan fingerprint density at radius 3 is 2.43 bits per heavy atom. The maximum Gasteiger partial charge on any atom is 0.261 e. The molecule has 162 valence electrons. The Bertz CT molecular complexity index is 868. The Kier molecular flexibility index (Phi) is 8.74. The number of benzene rings is 2. The molecule has 7 heteroatoms. The summed E-state index contributed by atoms with van der Waals surface area (Å²) in [4.78, 5) is 27.3. The molecule has 2 amide bonds. The standard InChI is InChI=1S/C23H28BrClN2O3/c1-16(22(29)26-23(2,3)4)27(13-12-17-8-6-5-7-9-17)21(28)15-30-20-11-10-18(24)14-19(20)25/h5-11,14,16H,12-13,15H2,1-4H3,(H,26,29)/t16-/m0/s1. The number of hydrogen-bond acceptors (Lipinski definition) is 3. The van der Waals surface area contributed by atoms with E-state index in [4.69, 9.17) is 16.3 Å². The number of ether oxygens (including phenoxy) is 1. The molecule has 0 fully saturated rings. The number of carbonyl (C=O) groups is 2. The second kappa shape index (κ2) is 10.8. The molecule has 0 saturated heterocycles. The third kappa shape index (κ3) is 7.65. The van der Waals surface area contributed by atoms with Crippen molar-refractivity contribution >= 4 is 39.3 Å². The summed E-state index contributed by atoms with van der Waals surface area (Å²) in [6, 6.07) is 14.4. The van der Waals surface area contributed by atoms with E-state index in [2.05, 4.69) is 21.2 Å². The molecule has 30 heavy (non-hydrogen) atoms. The first-order chi connectivity index (χ1) is 14.1. The second-order valence-electron chi connectivity index (χ2n) is 8.10. The normalized spacial score (nSPS) is 12.2. The predicted molar refractivity (Wildman–Crippen MR) is 124 cm³/mol. The first-order valence-corrected chi connectivity index (χ1v) is 11.0. The lowest BCUT2D eigenvalue weighted by atomic mass is 10.1. The Morgan fingerprint density at radius 2 is 1.83 bits per heavy atom. The van der Waals surface area contributed by atoms with Gasteiger partial charge in [0.25, 0.3) is 5.91 Å². The van der Waals surface area contributed by atoms with Crippen LogP contribution < -0.4 is 10.1 Å². The van der Waals surface area contributed by atoms with Crippen LogP contribution in [-0.2, 0) is 16.0 Å². The molecule has 2 aromatic carbocycles. The zero-order chi connectivity index (χ0) is 22.3. The summed E-state index contributed by atoms with van der Waals surface area (Å²) in [5.74, 6) is -0.0601. The summed E-state index contributed by atoms with van der Waals surface area (Å²) in [7, 11) is 0. The van der Waals surface area contributed by atoms with Gasteiger partial charge in [0.05, 0.1) is 5.02 Å². The van der Waals surface area contributed by atoms with Gasteiger partial charge in [-0.1, -0.05) is 57.9 Å². The third-order valence-corrected chi connectivity index (χ3v) is 5.18. The van der Waals surface area contributed by atoms with Crippen LogP contribution in [0, 0.1) is 0 Å². The fraction of sp³-hybridized carbons (Fsp3) is 0.391. The summed E-state index contributed by atoms with van der Waals surface area (Å²) in [5.41, 5.74) is 0.705. The van der Waals surface area contributed by atoms with Gasteiger partial charge in [-0.2, -0.15) is 0 Å². The van der Waals surface area contributed by atoms with Crippen molar-refractivity contribution in [1.82, 2.24) is 10.2 Å². The molecular formula is C23H28BrClN2O3. The van der Waals surface area contributed by atoms with E-state index in [0.29, 0.717) is 23.7 Å². The van der Waals surface area contributed by atoms with Crippen LogP contribution in [0.1, 0.15) is 33.3 Å². The summed E-state index contributed by atoms with van der Waals surface area (Å²) in [5, 5.41) is 3.35. The molecule has 0 aromatic heterocycles. The molecule has 0 saturated carbocycles. The number of rotatable bonds is 8. The lowest BCUT2D eigenvalue weighted by Gasteiger charge is -2.31. The summed E-state index contributed by atoms with van der Waals surface area (Å²) >= 11 is 9.52. The van der Waals surface area contributed by atoms with Crippen molar-refractivity contribution in [2.24, 2.45) is 0 Å². The van der Waals surface area contributed by atoms with Crippen molar-refractivity contribution in [2.75, 3.05) is 13.2 Å². The molecule has 5 nitrogen and oxygen atoms in total. The van der Waals surface area contributed by atoms with Gasteiger partial charge in [-0.05, 0) is 57.9 Å². The van der Waals surface area contributed by atoms with Crippen LogP contribution in [0.4, 0.5) is 0 Å². The Labute approximate surface area is 191 Å². The van der Waals surface area contributed by atoms with Gasteiger partial charge in [-0.25, -0.2) is 0 Å². The highest BCUT2D eigenvalue weighted by Gasteiger charge is 2.28. The smallest absolute Gasteiger partial charge is 0.261 e. The minimum absolute atomic E-state index is 0.203. The van der Waals surface area contributed by atoms with E-state index in [1.807, 2.05) is 51.1 Å². The number of hydrogen-bond donors (Lipinski definition) is 1. The van der Waals surface area contributed by atoms with Gasteiger partial charge < -0.3 is 15.0 Å². The number of amides is 2. The van der Waals surface area contributed by atoms with Crippen LogP contribution in [0.25, 0.3) is 0 Å². The first kappa shape index (κ1) is 24.2. The Balaban J connectivity index is 2.11. The molecule has 0 aliphatic heterocycles. The fourth-order valence-electron chi connectivity index (χ4n) is 2.86. The zero-order valence-electron chi connectivity index (χ0n) is 17.7. The van der Waals surface area contributed by atoms with Crippen molar-refractivity contribution in [3.8, 4) is 5.75 Å². The van der Waals surface area contributed by atoms with Gasteiger partial charge in [0.15, 0.2) is 6.61 Å². The van der Waals surface area contributed by atoms with E-state index < -0.39 is 6.04 Å². The molecule has 0 aliphatic rings. The van der Waals surface area contributed by atoms with E-state index in [1.165, 1.54) is 0 Å². The van der Waals surface area contributed by atoms with E-state index in [-0.39, 0.29) is 24.0 Å². The topological polar surface area (TPSA) is 58.6 Å². The van der Waals surface area contributed by atoms with Gasteiger partial charge in [0.2, 0.25) is 5.91 Å². The minimum atomic E-state index is -0.635. The molecule has 0 radical (unpaired) electrons. The molecule has 0 bridgehead atoms. The van der Waals surface area contributed by atoms with Gasteiger partial charge in [0, 0.05) is 16.6 Å². The highest BCUT2D eigenvalue weighted by atomic mass is 79.9. The van der Waals surface area contributed by atoms with E-state index in [1.54, 1.807) is 30.0 Å². The second-order valence-corrected chi connectivity index (χ2v) is 9.42. The maximum atomic E-state index is 13.0. The van der Waals surface area contributed by atoms with Crippen LogP contribution in [-0.4, -0.2) is 41.4 Å². The zero-order valence-corrected chi connectivity index (χ0v) is 20.1. The van der Waals surface area contributed by atoms with Crippen LogP contribution in [0.3, 0.4) is 0 Å². The SMILES string of the molecule is C[C@@H](C(=O)NC(C)(C)C)N(CCc1ccccc1)C(=O)COc1ccc(Br)cc1Cl. The highest BCUT2D eigenvalue weighted by Crippen LogP contribution is 2.27. The Morgan fingerprint density at radius 1 is 1.17 bits per heavy atom. The van der Waals surface area contributed by atoms with Gasteiger partial charge in [0.1, 0.15) is 11.8 Å². The van der Waals surface area contributed by atoms with Crippen molar-refractivity contribution in [2.45, 2.75) is 45.7 Å². The summed E-state index contributed by atoms with van der Waals surface area (Å²) in [6.45, 7) is 7.66. The minimum Gasteiger partial charge on any atom is -0.482 e. The number of halogens is 2. The summed E-state index contributed by atoms with van der Waals surface area (Å²) in [6.07, 6.45) is 0.638. The predicted octanol–water partition coefficient (Wildman–Crippen LogP) is 4.86. The van der Waals surface area contributed by atoms with Crippen molar-refractivity contribution < 1.29 is 14.3 Å². The number of carbonyl (C=O) groups excluding carboxylic acids is 2. The van der Waals surface area contributed by atoms with Crippen LogP contribution in [0.2, 0.25) is 5.02 Å². The van der Waals surface area contributed by atoms with Crippen LogP contribution in [0.5, 0.6) is 5.75 Å². The van der Waals surface area contributed by atoms with Crippen molar-refractivity contribution in [3.63, 3.8) is 0 Å². The number of nitrogens with one attached hydrogen (secondary N) is 1. The van der Waals surface area contributed by atoms with Crippen LogP contribution in [0.15, 0.2) is 53.0 Å². The molecule has 0 spiro atoms. The van der Waals surface area contributed by atoms with Gasteiger partial charge >= 0.3 is 0 Å². The molecule has 0 aliphatic carbocycles. The average molecular weight is 496 g/mol. The lowest BCUT2D eigenvalue weighted by Crippen LogP contribution is -2.53. The van der Waals surface area contributed by atoms with Crippen molar-refractivity contribution in [3.05, 3.63) is 63.6 Å². The van der Waals surface area contributed by atoms with Crippen LogP contribution >= 0.6 is 27.5 Å². The van der Waals surface area contributed by atoms with E-state index in [9.17, 15) is 9.59 Å². The maximum absolute atomic E-state index is 13.0. The Hall–Kier alpha value is -2.05. The van der Waals surface area contributed by atoms with E-state index in [0.717, 1.165) is 10.0 Å². The number of nitrogens with zero attached hydrogens (tertiary/aromatic N) is 1. The molecule has 1 N–H and O–H groups in total. The first-order valence-electron chi connectivity index (χ1n) is 9.80. The summed E-state index contributed by atoms with van der Waals surface area (Å²) < 4.78 is 6.46. The van der Waals surface area contributed by atoms with Crippen molar-refractivity contribution in [1.29, 1.82) is 0 Å².